The maximum atomic E-state index is 13.9. The average Bonchev–Trinajstić information content (AvgIpc) is 2.72. The number of phenols is 1. The van der Waals surface area contributed by atoms with Crippen LogP contribution < -0.4 is 5.32 Å². The molecule has 30 heavy (non-hydrogen) atoms. The summed E-state index contributed by atoms with van der Waals surface area (Å²) in [7, 11) is 0. The third kappa shape index (κ3) is 5.15. The van der Waals surface area contributed by atoms with Crippen LogP contribution in [0.25, 0.3) is 0 Å². The minimum absolute atomic E-state index is 0.00209. The van der Waals surface area contributed by atoms with Crippen molar-refractivity contribution in [3.05, 3.63) is 93.5 Å². The molecule has 0 saturated carbocycles. The van der Waals surface area contributed by atoms with Crippen LogP contribution in [0.15, 0.2) is 54.6 Å². The average molecular weight is 425 g/mol. The Balaban J connectivity index is 2.01. The molecule has 3 aromatic rings. The lowest BCUT2D eigenvalue weighted by Crippen LogP contribution is -2.30. The number of rotatable bonds is 4. The van der Waals surface area contributed by atoms with E-state index >= 15 is 0 Å². The van der Waals surface area contributed by atoms with E-state index in [0.29, 0.717) is 11.1 Å². The van der Waals surface area contributed by atoms with Gasteiger partial charge in [0, 0.05) is 11.1 Å². The summed E-state index contributed by atoms with van der Waals surface area (Å²) >= 11 is 6.00. The van der Waals surface area contributed by atoms with Crippen LogP contribution in [0.4, 0.5) is 4.39 Å². The Morgan fingerprint density at radius 1 is 1.20 bits per heavy atom. The summed E-state index contributed by atoms with van der Waals surface area (Å²) in [5.74, 6) is 3.87. The van der Waals surface area contributed by atoms with Gasteiger partial charge in [0.05, 0.1) is 6.04 Å². The minimum atomic E-state index is -0.832. The molecule has 1 amide bonds. The molecule has 1 atom stereocenters. The number of carbonyl (C=O) groups is 1. The predicted octanol–water partition coefficient (Wildman–Crippen LogP) is 3.75. The van der Waals surface area contributed by atoms with Crippen LogP contribution >= 0.6 is 11.6 Å². The molecule has 152 valence electrons. The number of amides is 1. The normalized spacial score (nSPS) is 11.3. The summed E-state index contributed by atoms with van der Waals surface area (Å²) in [4.78, 5) is 17.0. The number of aromatic nitrogens is 1. The molecule has 7 heteroatoms. The second-order valence-corrected chi connectivity index (χ2v) is 6.93. The van der Waals surface area contributed by atoms with E-state index in [2.05, 4.69) is 22.1 Å². The van der Waals surface area contributed by atoms with Gasteiger partial charge < -0.3 is 15.5 Å². The van der Waals surface area contributed by atoms with Gasteiger partial charge in [0.1, 0.15) is 29.0 Å². The van der Waals surface area contributed by atoms with Gasteiger partial charge in [0.15, 0.2) is 0 Å². The van der Waals surface area contributed by atoms with Gasteiger partial charge in [-0.15, -0.1) is 0 Å². The first-order chi connectivity index (χ1) is 14.4. The van der Waals surface area contributed by atoms with Gasteiger partial charge in [0.25, 0.3) is 5.91 Å². The zero-order chi connectivity index (χ0) is 21.7. The Morgan fingerprint density at radius 3 is 2.63 bits per heavy atom. The van der Waals surface area contributed by atoms with E-state index in [0.717, 1.165) is 11.6 Å². The Labute approximate surface area is 178 Å². The molecule has 5 nitrogen and oxygen atoms in total. The first kappa shape index (κ1) is 21.3. The van der Waals surface area contributed by atoms with Crippen molar-refractivity contribution in [2.75, 3.05) is 6.61 Å². The predicted molar refractivity (Wildman–Crippen MR) is 112 cm³/mol. The maximum Gasteiger partial charge on any atom is 0.270 e. The molecular formula is C23H18ClFN2O3. The molecule has 3 N–H and O–H groups in total. The van der Waals surface area contributed by atoms with Gasteiger partial charge in [0.2, 0.25) is 0 Å². The summed E-state index contributed by atoms with van der Waals surface area (Å²) < 4.78 is 13.9. The number of halogens is 2. The first-order valence-electron chi connectivity index (χ1n) is 9.00. The van der Waals surface area contributed by atoms with Crippen LogP contribution in [0.3, 0.4) is 0 Å². The summed E-state index contributed by atoms with van der Waals surface area (Å²) in [5, 5.41) is 22.0. The number of carbonyl (C=O) groups excluding carboxylic acids is 1. The lowest BCUT2D eigenvalue weighted by molar-refractivity contribution is 0.0937. The van der Waals surface area contributed by atoms with E-state index in [1.807, 2.05) is 19.1 Å². The first-order valence-corrected chi connectivity index (χ1v) is 9.38. The SMILES string of the molecule is Cc1ccc(C(NC(=O)c2cc(C#CCO)cc(Cl)n2)c2cc(F)ccc2O)cc1. The van der Waals surface area contributed by atoms with Crippen LogP contribution in [0.5, 0.6) is 5.75 Å². The molecular weight excluding hydrogens is 407 g/mol. The molecule has 0 aliphatic carbocycles. The largest absolute Gasteiger partial charge is 0.508 e. The number of nitrogens with one attached hydrogen (secondary N) is 1. The van der Waals surface area contributed by atoms with Gasteiger partial charge in [-0.3, -0.25) is 4.79 Å². The van der Waals surface area contributed by atoms with Crippen LogP contribution in [0.1, 0.15) is 38.8 Å². The number of hydrogen-bond donors (Lipinski definition) is 3. The molecule has 0 aliphatic rings. The zero-order valence-corrected chi connectivity index (χ0v) is 16.7. The van der Waals surface area contributed by atoms with Gasteiger partial charge in [-0.05, 0) is 42.8 Å². The van der Waals surface area contributed by atoms with E-state index in [9.17, 15) is 14.3 Å². The Morgan fingerprint density at radius 2 is 1.93 bits per heavy atom. The number of aryl methyl sites for hydroxylation is 1. The van der Waals surface area contributed by atoms with Crippen molar-refractivity contribution in [2.24, 2.45) is 0 Å². The van der Waals surface area contributed by atoms with Crippen LogP contribution in [-0.2, 0) is 0 Å². The number of aliphatic hydroxyl groups excluding tert-OH is 1. The van der Waals surface area contributed by atoms with Crippen molar-refractivity contribution >= 4 is 17.5 Å². The third-order valence-corrected chi connectivity index (χ3v) is 4.52. The molecule has 3 rings (SSSR count). The number of aromatic hydroxyl groups is 1. The van der Waals surface area contributed by atoms with Crippen LogP contribution in [-0.4, -0.2) is 27.7 Å². The summed E-state index contributed by atoms with van der Waals surface area (Å²) in [5.41, 5.74) is 2.27. The molecule has 0 spiro atoms. The van der Waals surface area contributed by atoms with Gasteiger partial charge >= 0.3 is 0 Å². The summed E-state index contributed by atoms with van der Waals surface area (Å²) in [6, 6.07) is 12.9. The third-order valence-electron chi connectivity index (χ3n) is 4.33. The summed E-state index contributed by atoms with van der Waals surface area (Å²) in [6.07, 6.45) is 0. The zero-order valence-electron chi connectivity index (χ0n) is 16.0. The van der Waals surface area contributed by atoms with Gasteiger partial charge in [-0.1, -0.05) is 53.3 Å². The van der Waals surface area contributed by atoms with Crippen molar-refractivity contribution in [1.29, 1.82) is 0 Å². The molecule has 0 aliphatic heterocycles. The monoisotopic (exact) mass is 424 g/mol. The molecule has 1 unspecified atom stereocenters. The maximum absolute atomic E-state index is 13.9. The second-order valence-electron chi connectivity index (χ2n) is 6.54. The minimum Gasteiger partial charge on any atom is -0.508 e. The Hall–Kier alpha value is -3.40. The number of phenolic OH excluding ortho intramolecular Hbond substituents is 1. The molecule has 0 fully saturated rings. The highest BCUT2D eigenvalue weighted by Gasteiger charge is 2.22. The van der Waals surface area contributed by atoms with Crippen LogP contribution in [0.2, 0.25) is 5.15 Å². The fraction of sp³-hybridized carbons (Fsp3) is 0.130. The van der Waals surface area contributed by atoms with Crippen molar-refractivity contribution in [2.45, 2.75) is 13.0 Å². The Kier molecular flexibility index (Phi) is 6.68. The van der Waals surface area contributed by atoms with E-state index in [1.165, 1.54) is 24.3 Å². The van der Waals surface area contributed by atoms with Gasteiger partial charge in [-0.2, -0.15) is 0 Å². The van der Waals surface area contributed by atoms with E-state index in [4.69, 9.17) is 16.7 Å². The number of pyridine rings is 1. The standard InChI is InChI=1S/C23H18ClFN2O3/c1-14-4-6-16(7-5-14)22(18-13-17(25)8-9-20(18)29)27-23(30)19-11-15(3-2-10-28)12-21(24)26-19/h4-9,11-13,22,28-29H,10H2,1H3,(H,27,30). The fourth-order valence-electron chi connectivity index (χ4n) is 2.89. The van der Waals surface area contributed by atoms with Crippen molar-refractivity contribution in [3.8, 4) is 17.6 Å². The molecule has 2 aromatic carbocycles. The quantitative estimate of drug-likeness (QED) is 0.440. The van der Waals surface area contributed by atoms with Crippen molar-refractivity contribution in [1.82, 2.24) is 10.3 Å². The Bertz CT molecular complexity index is 1140. The van der Waals surface area contributed by atoms with Crippen molar-refractivity contribution < 1.29 is 19.4 Å². The topological polar surface area (TPSA) is 82.5 Å². The van der Waals surface area contributed by atoms with E-state index in [1.54, 1.807) is 12.1 Å². The number of nitrogens with zero attached hydrogens (tertiary/aromatic N) is 1. The molecule has 0 radical (unpaired) electrons. The smallest absolute Gasteiger partial charge is 0.270 e. The number of hydrogen-bond acceptors (Lipinski definition) is 4. The number of benzene rings is 2. The van der Waals surface area contributed by atoms with Crippen molar-refractivity contribution in [3.63, 3.8) is 0 Å². The lowest BCUT2D eigenvalue weighted by Gasteiger charge is -2.21. The van der Waals surface area contributed by atoms with E-state index in [-0.39, 0.29) is 28.8 Å². The highest BCUT2D eigenvalue weighted by Crippen LogP contribution is 2.30. The second kappa shape index (κ2) is 9.40. The fourth-order valence-corrected chi connectivity index (χ4v) is 3.10. The highest BCUT2D eigenvalue weighted by atomic mass is 35.5. The highest BCUT2D eigenvalue weighted by molar-refractivity contribution is 6.29. The molecule has 1 heterocycles. The molecule has 1 aromatic heterocycles. The van der Waals surface area contributed by atoms with Crippen LogP contribution in [0, 0.1) is 24.6 Å². The molecule has 0 saturated heterocycles. The van der Waals surface area contributed by atoms with E-state index < -0.39 is 17.8 Å². The number of aliphatic hydroxyl groups is 1. The van der Waals surface area contributed by atoms with Gasteiger partial charge in [-0.25, -0.2) is 9.37 Å². The lowest BCUT2D eigenvalue weighted by atomic mass is 9.96. The summed E-state index contributed by atoms with van der Waals surface area (Å²) in [6.45, 7) is 1.58. The molecule has 0 bridgehead atoms.